The van der Waals surface area contributed by atoms with Gasteiger partial charge < -0.3 is 56.7 Å². The average molecular weight is 494 g/mol. The van der Waals surface area contributed by atoms with Crippen molar-refractivity contribution in [1.82, 2.24) is 10.2 Å². The minimum Gasteiger partial charge on any atom is -0.480 e. The van der Waals surface area contributed by atoms with Crippen LogP contribution in [0.4, 0.5) is 0 Å². The summed E-state index contributed by atoms with van der Waals surface area (Å²) in [6.45, 7) is 0.707. The van der Waals surface area contributed by atoms with Crippen molar-refractivity contribution < 1.29 is 54.2 Å². The van der Waals surface area contributed by atoms with E-state index in [1.54, 1.807) is 0 Å². The predicted octanol–water partition coefficient (Wildman–Crippen LogP) is -4.80. The molecule has 8 atom stereocenters. The Labute approximate surface area is 195 Å². The third-order valence-electron chi connectivity index (χ3n) is 5.21. The van der Waals surface area contributed by atoms with Crippen LogP contribution in [0, 0.1) is 0 Å². The van der Waals surface area contributed by atoms with Gasteiger partial charge in [0.2, 0.25) is 17.7 Å². The molecule has 0 aliphatic carbocycles. The normalized spacial score (nSPS) is 27.3. The molecule has 1 unspecified atom stereocenters. The summed E-state index contributed by atoms with van der Waals surface area (Å²) >= 11 is 0. The Morgan fingerprint density at radius 3 is 2.29 bits per heavy atom. The number of ether oxygens (including phenoxy) is 2. The Hall–Kier alpha value is -2.40. The van der Waals surface area contributed by atoms with Crippen molar-refractivity contribution >= 4 is 23.7 Å². The van der Waals surface area contributed by atoms with Gasteiger partial charge in [-0.2, -0.15) is 0 Å². The number of hydrogen-bond acceptors (Lipinski definition) is 11. The Morgan fingerprint density at radius 2 is 1.82 bits per heavy atom. The molecule has 1 fully saturated rings. The molecule has 1 aliphatic rings. The van der Waals surface area contributed by atoms with Crippen LogP contribution in [-0.2, 0) is 28.7 Å². The van der Waals surface area contributed by atoms with Crippen molar-refractivity contribution in [3.05, 3.63) is 0 Å². The molecule has 0 aromatic carbocycles. The molecule has 3 amide bonds. The van der Waals surface area contributed by atoms with Crippen LogP contribution >= 0.6 is 0 Å². The molecule has 0 spiro atoms. The van der Waals surface area contributed by atoms with Gasteiger partial charge in [0.25, 0.3) is 0 Å². The average Bonchev–Trinajstić information content (AvgIpc) is 2.75. The van der Waals surface area contributed by atoms with Gasteiger partial charge in [-0.05, 0) is 13.3 Å². The molecule has 0 radical (unpaired) electrons. The van der Waals surface area contributed by atoms with E-state index in [0.717, 1.165) is 11.8 Å². The van der Waals surface area contributed by atoms with Crippen molar-refractivity contribution in [1.29, 1.82) is 0 Å². The van der Waals surface area contributed by atoms with Crippen molar-refractivity contribution in [3.63, 3.8) is 0 Å². The first-order valence-corrected chi connectivity index (χ1v) is 10.6. The molecule has 0 saturated carbocycles. The van der Waals surface area contributed by atoms with E-state index in [-0.39, 0.29) is 12.8 Å². The summed E-state index contributed by atoms with van der Waals surface area (Å²) in [5, 5.41) is 51.4. The number of aliphatic carboxylic acids is 1. The Bertz CT molecular complexity index is 724. The monoisotopic (exact) mass is 494 g/mol. The van der Waals surface area contributed by atoms with Crippen LogP contribution in [0.2, 0.25) is 0 Å². The first-order valence-electron chi connectivity index (χ1n) is 10.6. The van der Waals surface area contributed by atoms with Crippen LogP contribution in [0.3, 0.4) is 0 Å². The van der Waals surface area contributed by atoms with Gasteiger partial charge in [-0.3, -0.25) is 14.4 Å². The van der Waals surface area contributed by atoms with Gasteiger partial charge >= 0.3 is 5.97 Å². The fraction of sp³-hybridized carbons (Fsp3) is 0.789. The second-order valence-electron chi connectivity index (χ2n) is 8.01. The van der Waals surface area contributed by atoms with Crippen LogP contribution in [0.15, 0.2) is 0 Å². The number of carbonyl (C=O) groups excluding carboxylic acids is 3. The van der Waals surface area contributed by atoms with Gasteiger partial charge in [-0.15, -0.1) is 0 Å². The second-order valence-corrected chi connectivity index (χ2v) is 8.01. The highest BCUT2D eigenvalue weighted by Gasteiger charge is 2.46. The van der Waals surface area contributed by atoms with Gasteiger partial charge in [0.15, 0.2) is 6.29 Å². The third kappa shape index (κ3) is 8.12. The van der Waals surface area contributed by atoms with Gasteiger partial charge in [0, 0.05) is 19.9 Å². The minimum absolute atomic E-state index is 0.332. The maximum absolute atomic E-state index is 12.7. The van der Waals surface area contributed by atoms with E-state index in [1.165, 1.54) is 6.92 Å². The fourth-order valence-corrected chi connectivity index (χ4v) is 3.58. The number of aliphatic hydroxyl groups is 4. The van der Waals surface area contributed by atoms with Gasteiger partial charge in [-0.1, -0.05) is 0 Å². The number of nitrogens with two attached hydrogens (primary N) is 2. The van der Waals surface area contributed by atoms with Gasteiger partial charge in [0.1, 0.15) is 36.4 Å². The number of carbonyl (C=O) groups is 4. The molecule has 0 aromatic heterocycles. The number of carboxylic acid groups (broad SMARTS) is 1. The summed E-state index contributed by atoms with van der Waals surface area (Å²) in [5.74, 6) is -3.76. The Balaban J connectivity index is 3.17. The maximum atomic E-state index is 12.7. The number of amides is 3. The van der Waals surface area contributed by atoms with Crippen LogP contribution in [-0.4, -0.2) is 123 Å². The van der Waals surface area contributed by atoms with E-state index in [0.29, 0.717) is 0 Å². The van der Waals surface area contributed by atoms with Crippen LogP contribution < -0.4 is 16.8 Å². The van der Waals surface area contributed by atoms with E-state index in [1.807, 2.05) is 0 Å². The molecule has 0 bridgehead atoms. The zero-order valence-electron chi connectivity index (χ0n) is 18.9. The Kier molecular flexibility index (Phi) is 11.7. The second kappa shape index (κ2) is 13.5. The van der Waals surface area contributed by atoms with E-state index < -0.39 is 92.3 Å². The molecule has 34 heavy (non-hydrogen) atoms. The zero-order chi connectivity index (χ0) is 26.2. The SMILES string of the molecule is CC(=O)N[C@@H]1[C@@H](OC(C)CN(C(=O)[C@@H](N)CO)[C@H](CCC(N)=O)C(=O)O)[C@H](O)[C@@H](CO)O[C@@H]1O. The quantitative estimate of drug-likeness (QED) is 0.120. The lowest BCUT2D eigenvalue weighted by atomic mass is 9.96. The van der Waals surface area contributed by atoms with Crippen molar-refractivity contribution in [2.45, 2.75) is 75.5 Å². The summed E-state index contributed by atoms with van der Waals surface area (Å²) in [4.78, 5) is 48.1. The molecule has 15 nitrogen and oxygen atoms in total. The largest absolute Gasteiger partial charge is 0.480 e. The molecule has 1 rings (SSSR count). The molecule has 1 heterocycles. The number of aliphatic hydroxyl groups excluding tert-OH is 4. The zero-order valence-corrected chi connectivity index (χ0v) is 18.9. The smallest absolute Gasteiger partial charge is 0.326 e. The molecular formula is C19H34N4O11. The molecule has 1 saturated heterocycles. The summed E-state index contributed by atoms with van der Waals surface area (Å²) < 4.78 is 10.9. The van der Waals surface area contributed by atoms with E-state index in [4.69, 9.17) is 20.9 Å². The maximum Gasteiger partial charge on any atom is 0.326 e. The third-order valence-corrected chi connectivity index (χ3v) is 5.21. The van der Waals surface area contributed by atoms with Crippen LogP contribution in [0.1, 0.15) is 26.7 Å². The van der Waals surface area contributed by atoms with E-state index in [2.05, 4.69) is 5.32 Å². The van der Waals surface area contributed by atoms with Crippen molar-refractivity contribution in [2.24, 2.45) is 11.5 Å². The molecule has 0 aromatic rings. The number of hydrogen-bond donors (Lipinski definition) is 8. The lowest BCUT2D eigenvalue weighted by Gasteiger charge is -2.44. The number of nitrogens with one attached hydrogen (secondary N) is 1. The highest BCUT2D eigenvalue weighted by molar-refractivity contribution is 5.87. The minimum atomic E-state index is -1.65. The van der Waals surface area contributed by atoms with Crippen molar-refractivity contribution in [2.75, 3.05) is 19.8 Å². The Morgan fingerprint density at radius 1 is 1.21 bits per heavy atom. The number of nitrogens with zero attached hydrogens (tertiary/aromatic N) is 1. The molecule has 10 N–H and O–H groups in total. The highest BCUT2D eigenvalue weighted by atomic mass is 16.6. The summed E-state index contributed by atoms with van der Waals surface area (Å²) in [7, 11) is 0. The van der Waals surface area contributed by atoms with Crippen LogP contribution in [0.5, 0.6) is 0 Å². The van der Waals surface area contributed by atoms with Crippen LogP contribution in [0.25, 0.3) is 0 Å². The van der Waals surface area contributed by atoms with Gasteiger partial charge in [0.05, 0.1) is 19.3 Å². The summed E-state index contributed by atoms with van der Waals surface area (Å²) in [6, 6.07) is -4.25. The molecule has 196 valence electrons. The van der Waals surface area contributed by atoms with E-state index >= 15 is 0 Å². The standard InChI is InChI=1S/C19H34N4O11/c1-8(33-16-14(22-9(2)26)19(32)34-12(7-25)15(16)28)5-23(17(29)10(20)6-24)11(18(30)31)3-4-13(21)27/h8,10-12,14-16,19,24-25,28,32H,3-7,20H2,1-2H3,(H2,21,27)(H,22,26)(H,30,31)/t8?,10-,11+,12+,14+,15+,16+,19-/m0/s1. The summed E-state index contributed by atoms with van der Waals surface area (Å²) in [5.41, 5.74) is 10.7. The first kappa shape index (κ1) is 29.6. The lowest BCUT2D eigenvalue weighted by Crippen LogP contribution is -2.65. The topological polar surface area (TPSA) is 255 Å². The molecular weight excluding hydrogens is 460 g/mol. The van der Waals surface area contributed by atoms with Gasteiger partial charge in [-0.25, -0.2) is 4.79 Å². The predicted molar refractivity (Wildman–Crippen MR) is 113 cm³/mol. The fourth-order valence-electron chi connectivity index (χ4n) is 3.58. The number of primary amides is 1. The number of carboxylic acids is 1. The molecule has 1 aliphatic heterocycles. The van der Waals surface area contributed by atoms with Crippen molar-refractivity contribution in [3.8, 4) is 0 Å². The lowest BCUT2D eigenvalue weighted by molar-refractivity contribution is -0.268. The molecule has 15 heteroatoms. The number of rotatable bonds is 13. The highest BCUT2D eigenvalue weighted by Crippen LogP contribution is 2.24. The van der Waals surface area contributed by atoms with E-state index in [9.17, 15) is 44.7 Å². The first-order chi connectivity index (χ1) is 15.8. The summed E-state index contributed by atoms with van der Waals surface area (Å²) in [6.07, 6.45) is -7.44.